The highest BCUT2D eigenvalue weighted by atomic mass is 35.5. The molecule has 0 aliphatic carbocycles. The third-order valence-corrected chi connectivity index (χ3v) is 3.14. The SMILES string of the molecule is N/C(=N/O)c1ccc(Cl)cc1OCc1ccncc1Cl. The first-order valence-electron chi connectivity index (χ1n) is 5.60. The van der Waals surface area contributed by atoms with Gasteiger partial charge >= 0.3 is 0 Å². The first-order valence-corrected chi connectivity index (χ1v) is 6.36. The average Bonchev–Trinajstić information content (AvgIpc) is 2.46. The minimum absolute atomic E-state index is 0.0579. The summed E-state index contributed by atoms with van der Waals surface area (Å²) in [5.74, 6) is 0.346. The number of oxime groups is 1. The quantitative estimate of drug-likeness (QED) is 0.393. The van der Waals surface area contributed by atoms with Gasteiger partial charge in [0.2, 0.25) is 0 Å². The van der Waals surface area contributed by atoms with Crippen LogP contribution in [0.5, 0.6) is 5.75 Å². The summed E-state index contributed by atoms with van der Waals surface area (Å²) in [4.78, 5) is 3.89. The lowest BCUT2D eigenvalue weighted by Crippen LogP contribution is -2.14. The maximum absolute atomic E-state index is 8.76. The van der Waals surface area contributed by atoms with Crippen molar-refractivity contribution in [3.05, 3.63) is 57.8 Å². The number of pyridine rings is 1. The van der Waals surface area contributed by atoms with Crippen molar-refractivity contribution in [3.8, 4) is 5.75 Å². The zero-order valence-electron chi connectivity index (χ0n) is 10.3. The number of hydrogen-bond donors (Lipinski definition) is 2. The van der Waals surface area contributed by atoms with Crippen molar-refractivity contribution in [1.29, 1.82) is 0 Å². The number of aromatic nitrogens is 1. The van der Waals surface area contributed by atoms with E-state index in [1.165, 1.54) is 6.20 Å². The van der Waals surface area contributed by atoms with Crippen LogP contribution in [0, 0.1) is 0 Å². The van der Waals surface area contributed by atoms with E-state index in [1.54, 1.807) is 30.5 Å². The van der Waals surface area contributed by atoms with Gasteiger partial charge in [-0.05, 0) is 24.3 Å². The van der Waals surface area contributed by atoms with E-state index in [0.29, 0.717) is 21.4 Å². The summed E-state index contributed by atoms with van der Waals surface area (Å²) >= 11 is 11.9. The van der Waals surface area contributed by atoms with Crippen LogP contribution in [0.1, 0.15) is 11.1 Å². The van der Waals surface area contributed by atoms with Gasteiger partial charge in [-0.1, -0.05) is 28.4 Å². The topological polar surface area (TPSA) is 80.7 Å². The Labute approximate surface area is 125 Å². The van der Waals surface area contributed by atoms with Crippen LogP contribution >= 0.6 is 23.2 Å². The van der Waals surface area contributed by atoms with Gasteiger partial charge in [0, 0.05) is 23.0 Å². The molecule has 1 aromatic heterocycles. The van der Waals surface area contributed by atoms with E-state index in [0.717, 1.165) is 5.56 Å². The van der Waals surface area contributed by atoms with Crippen LogP contribution in [0.4, 0.5) is 0 Å². The summed E-state index contributed by atoms with van der Waals surface area (Å²) in [5.41, 5.74) is 6.80. The number of nitrogens with two attached hydrogens (primary N) is 1. The molecule has 0 bridgehead atoms. The van der Waals surface area contributed by atoms with Gasteiger partial charge in [-0.3, -0.25) is 4.98 Å². The Hall–Kier alpha value is -1.98. The van der Waals surface area contributed by atoms with Gasteiger partial charge in [0.05, 0.1) is 10.6 Å². The molecule has 0 spiro atoms. The molecule has 1 aromatic carbocycles. The first kappa shape index (κ1) is 14.4. The molecule has 7 heteroatoms. The van der Waals surface area contributed by atoms with E-state index in [1.807, 2.05) is 0 Å². The number of hydrogen-bond acceptors (Lipinski definition) is 4. The maximum Gasteiger partial charge on any atom is 0.173 e. The van der Waals surface area contributed by atoms with Crippen molar-refractivity contribution < 1.29 is 9.94 Å². The van der Waals surface area contributed by atoms with E-state index >= 15 is 0 Å². The molecule has 2 aromatic rings. The summed E-state index contributed by atoms with van der Waals surface area (Å²) in [6.45, 7) is 0.216. The predicted molar refractivity (Wildman–Crippen MR) is 77.5 cm³/mol. The molecule has 0 aliphatic rings. The number of benzene rings is 1. The lowest BCUT2D eigenvalue weighted by Gasteiger charge is -2.11. The van der Waals surface area contributed by atoms with Crippen LogP contribution in [0.15, 0.2) is 41.8 Å². The Morgan fingerprint density at radius 1 is 1.35 bits per heavy atom. The van der Waals surface area contributed by atoms with Crippen molar-refractivity contribution in [1.82, 2.24) is 4.98 Å². The third-order valence-electron chi connectivity index (χ3n) is 2.57. The van der Waals surface area contributed by atoms with E-state index in [9.17, 15) is 0 Å². The molecule has 0 unspecified atom stereocenters. The van der Waals surface area contributed by atoms with Crippen molar-refractivity contribution in [3.63, 3.8) is 0 Å². The van der Waals surface area contributed by atoms with E-state index < -0.39 is 0 Å². The number of halogens is 2. The molecule has 0 aliphatic heterocycles. The fourth-order valence-corrected chi connectivity index (χ4v) is 1.89. The predicted octanol–water partition coefficient (Wildman–Crippen LogP) is 3.06. The van der Waals surface area contributed by atoms with Gasteiger partial charge in [0.15, 0.2) is 5.84 Å². The molecule has 2 rings (SSSR count). The zero-order chi connectivity index (χ0) is 14.5. The first-order chi connectivity index (χ1) is 9.61. The van der Waals surface area contributed by atoms with Gasteiger partial charge in [0.1, 0.15) is 12.4 Å². The van der Waals surface area contributed by atoms with Crippen LogP contribution in [0.2, 0.25) is 10.0 Å². The van der Waals surface area contributed by atoms with E-state index in [2.05, 4.69) is 10.1 Å². The third kappa shape index (κ3) is 3.31. The molecule has 0 fully saturated rings. The molecular weight excluding hydrogens is 301 g/mol. The van der Waals surface area contributed by atoms with Crippen molar-refractivity contribution in [2.45, 2.75) is 6.61 Å². The van der Waals surface area contributed by atoms with Gasteiger partial charge in [-0.2, -0.15) is 0 Å². The minimum Gasteiger partial charge on any atom is -0.488 e. The summed E-state index contributed by atoms with van der Waals surface area (Å²) in [6, 6.07) is 6.57. The number of amidine groups is 1. The monoisotopic (exact) mass is 311 g/mol. The number of ether oxygens (including phenoxy) is 1. The van der Waals surface area contributed by atoms with Crippen LogP contribution in [-0.4, -0.2) is 16.0 Å². The van der Waals surface area contributed by atoms with Crippen molar-refractivity contribution in [2.24, 2.45) is 10.9 Å². The molecular formula is C13H11Cl2N3O2. The normalized spacial score (nSPS) is 11.4. The molecule has 0 amide bonds. The molecule has 5 nitrogen and oxygen atoms in total. The molecule has 3 N–H and O–H groups in total. The zero-order valence-corrected chi connectivity index (χ0v) is 11.8. The highest BCUT2D eigenvalue weighted by molar-refractivity contribution is 6.31. The minimum atomic E-state index is -0.0579. The second-order valence-corrected chi connectivity index (χ2v) is 4.73. The van der Waals surface area contributed by atoms with Crippen LogP contribution in [0.25, 0.3) is 0 Å². The van der Waals surface area contributed by atoms with Gasteiger partial charge < -0.3 is 15.7 Å². The molecule has 0 atom stereocenters. The average molecular weight is 312 g/mol. The van der Waals surface area contributed by atoms with Crippen molar-refractivity contribution >= 4 is 29.0 Å². The van der Waals surface area contributed by atoms with Crippen LogP contribution in [-0.2, 0) is 6.61 Å². The Kier molecular flexibility index (Phi) is 4.65. The second kappa shape index (κ2) is 6.45. The fourth-order valence-electron chi connectivity index (χ4n) is 1.56. The molecule has 104 valence electrons. The van der Waals surface area contributed by atoms with Gasteiger partial charge in [0.25, 0.3) is 0 Å². The molecule has 1 heterocycles. The number of nitrogens with zero attached hydrogens (tertiary/aromatic N) is 2. The summed E-state index contributed by atoms with van der Waals surface area (Å²) < 4.78 is 5.64. The second-order valence-electron chi connectivity index (χ2n) is 3.88. The fraction of sp³-hybridized carbons (Fsp3) is 0.0769. The van der Waals surface area contributed by atoms with Crippen LogP contribution < -0.4 is 10.5 Å². The lowest BCUT2D eigenvalue weighted by molar-refractivity contribution is 0.303. The summed E-state index contributed by atoms with van der Waals surface area (Å²) in [7, 11) is 0. The Bertz CT molecular complexity index is 647. The van der Waals surface area contributed by atoms with Crippen molar-refractivity contribution in [2.75, 3.05) is 0 Å². The van der Waals surface area contributed by atoms with Gasteiger partial charge in [-0.25, -0.2) is 0 Å². The molecule has 0 saturated carbocycles. The van der Waals surface area contributed by atoms with E-state index in [4.69, 9.17) is 38.9 Å². The Balaban J connectivity index is 2.25. The standard InChI is InChI=1S/C13H11Cl2N3O2/c14-9-1-2-10(13(16)18-19)12(5-9)20-7-8-3-4-17-6-11(8)15/h1-6,19H,7H2,(H2,16,18). The lowest BCUT2D eigenvalue weighted by atomic mass is 10.2. The van der Waals surface area contributed by atoms with Gasteiger partial charge in [-0.15, -0.1) is 0 Å². The summed E-state index contributed by atoms with van der Waals surface area (Å²) in [5, 5.41) is 12.7. The van der Waals surface area contributed by atoms with Crippen LogP contribution in [0.3, 0.4) is 0 Å². The smallest absolute Gasteiger partial charge is 0.173 e. The highest BCUT2D eigenvalue weighted by Crippen LogP contribution is 2.25. The Morgan fingerprint density at radius 2 is 2.15 bits per heavy atom. The molecule has 0 radical (unpaired) electrons. The van der Waals surface area contributed by atoms with E-state index in [-0.39, 0.29) is 12.4 Å². The maximum atomic E-state index is 8.76. The Morgan fingerprint density at radius 3 is 2.85 bits per heavy atom. The number of rotatable bonds is 4. The molecule has 0 saturated heterocycles. The summed E-state index contributed by atoms with van der Waals surface area (Å²) in [6.07, 6.45) is 3.15. The highest BCUT2D eigenvalue weighted by Gasteiger charge is 2.10. The molecule has 20 heavy (non-hydrogen) atoms. The largest absolute Gasteiger partial charge is 0.488 e.